The third-order valence-electron chi connectivity index (χ3n) is 6.47. The molecule has 33 heavy (non-hydrogen) atoms. The van der Waals surface area contributed by atoms with Crippen molar-refractivity contribution in [2.45, 2.75) is 11.3 Å². The summed E-state index contributed by atoms with van der Waals surface area (Å²) in [7, 11) is 0. The maximum absolute atomic E-state index is 3.90. The summed E-state index contributed by atoms with van der Waals surface area (Å²) in [6.45, 7) is 0. The van der Waals surface area contributed by atoms with E-state index in [0.717, 1.165) is 4.47 Å². The lowest BCUT2D eigenvalue weighted by atomic mass is 9.58. The smallest absolute Gasteiger partial charge is 0.0560 e. The van der Waals surface area contributed by atoms with Gasteiger partial charge in [0.05, 0.1) is 5.41 Å². The van der Waals surface area contributed by atoms with E-state index < -0.39 is 5.41 Å². The lowest BCUT2D eigenvalue weighted by molar-refractivity contribution is 0.536. The van der Waals surface area contributed by atoms with Crippen LogP contribution in [-0.2, 0) is 5.41 Å². The molecule has 5 aromatic rings. The van der Waals surface area contributed by atoms with Crippen molar-refractivity contribution in [2.75, 3.05) is 0 Å². The normalized spacial score (nSPS) is 12.3. The van der Waals surface area contributed by atoms with E-state index in [-0.39, 0.29) is 5.92 Å². The van der Waals surface area contributed by atoms with Gasteiger partial charge >= 0.3 is 0 Å². The predicted octanol–water partition coefficient (Wildman–Crippen LogP) is 8.62. The van der Waals surface area contributed by atoms with Crippen LogP contribution in [0.5, 0.6) is 0 Å². The van der Waals surface area contributed by atoms with Crippen molar-refractivity contribution in [3.8, 4) is 0 Å². The second-order valence-electron chi connectivity index (χ2n) is 8.27. The summed E-state index contributed by atoms with van der Waals surface area (Å²) in [5, 5.41) is 0. The van der Waals surface area contributed by atoms with Gasteiger partial charge in [0.25, 0.3) is 0 Å². The van der Waals surface area contributed by atoms with E-state index in [1.165, 1.54) is 27.8 Å². The predicted molar refractivity (Wildman–Crippen MR) is 142 cm³/mol. The molecule has 0 spiro atoms. The van der Waals surface area contributed by atoms with Crippen molar-refractivity contribution in [1.82, 2.24) is 0 Å². The molecule has 0 radical (unpaired) electrons. The van der Waals surface area contributed by atoms with Crippen LogP contribution in [0.1, 0.15) is 33.7 Å². The third kappa shape index (κ3) is 3.94. The molecule has 0 aliphatic rings. The molecule has 160 valence electrons. The van der Waals surface area contributed by atoms with Gasteiger partial charge in [-0.25, -0.2) is 0 Å². The fourth-order valence-electron chi connectivity index (χ4n) is 5.12. The highest BCUT2D eigenvalue weighted by Crippen LogP contribution is 2.53. The summed E-state index contributed by atoms with van der Waals surface area (Å²) >= 11 is 3.90. The Hall–Kier alpha value is -3.42. The first kappa shape index (κ1) is 21.4. The SMILES string of the molecule is Brc1ccccc1[C@@H](c1ccccc1)C(c1ccccc1)(c1ccccc1)c1ccccc1. The molecule has 0 bridgehead atoms. The molecule has 5 rings (SSSR count). The van der Waals surface area contributed by atoms with E-state index in [0.29, 0.717) is 0 Å². The maximum atomic E-state index is 3.90. The molecule has 0 aromatic heterocycles. The van der Waals surface area contributed by atoms with Gasteiger partial charge in [0.15, 0.2) is 0 Å². The minimum atomic E-state index is -0.436. The number of hydrogen-bond acceptors (Lipinski definition) is 0. The van der Waals surface area contributed by atoms with Gasteiger partial charge in [-0.1, -0.05) is 155 Å². The maximum Gasteiger partial charge on any atom is 0.0560 e. The Labute approximate surface area is 204 Å². The van der Waals surface area contributed by atoms with Crippen molar-refractivity contribution in [1.29, 1.82) is 0 Å². The van der Waals surface area contributed by atoms with Crippen molar-refractivity contribution < 1.29 is 0 Å². The fraction of sp³-hybridized carbons (Fsp3) is 0.0625. The van der Waals surface area contributed by atoms with E-state index in [4.69, 9.17) is 0 Å². The molecule has 0 saturated heterocycles. The van der Waals surface area contributed by atoms with Crippen LogP contribution in [0.3, 0.4) is 0 Å². The van der Waals surface area contributed by atoms with Crippen molar-refractivity contribution in [3.05, 3.63) is 178 Å². The van der Waals surface area contributed by atoms with Crippen LogP contribution in [-0.4, -0.2) is 0 Å². The highest BCUT2D eigenvalue weighted by molar-refractivity contribution is 9.10. The summed E-state index contributed by atoms with van der Waals surface area (Å²) in [5.74, 6) is 0.0430. The summed E-state index contributed by atoms with van der Waals surface area (Å²) < 4.78 is 1.12. The van der Waals surface area contributed by atoms with E-state index in [1.807, 2.05) is 0 Å². The summed E-state index contributed by atoms with van der Waals surface area (Å²) in [6.07, 6.45) is 0. The molecule has 0 saturated carbocycles. The lowest BCUT2D eigenvalue weighted by Gasteiger charge is -2.44. The monoisotopic (exact) mass is 488 g/mol. The van der Waals surface area contributed by atoms with Gasteiger partial charge < -0.3 is 0 Å². The van der Waals surface area contributed by atoms with Gasteiger partial charge in [-0.3, -0.25) is 0 Å². The second kappa shape index (κ2) is 9.60. The highest BCUT2D eigenvalue weighted by Gasteiger charge is 2.45. The molecule has 5 aromatic carbocycles. The van der Waals surface area contributed by atoms with E-state index in [9.17, 15) is 0 Å². The Balaban J connectivity index is 1.97. The Morgan fingerprint density at radius 3 is 1.21 bits per heavy atom. The molecule has 0 amide bonds. The standard InChI is InChI=1S/C32H25Br/c33-30-24-14-13-23-29(30)31(25-15-5-1-6-16-25)32(26-17-7-2-8-18-26,27-19-9-3-10-20-27)28-21-11-4-12-22-28/h1-24,31H/t31-/m1/s1. The molecule has 0 unspecified atom stereocenters. The van der Waals surface area contributed by atoms with Gasteiger partial charge in [0, 0.05) is 10.4 Å². The zero-order valence-electron chi connectivity index (χ0n) is 18.3. The van der Waals surface area contributed by atoms with Gasteiger partial charge in [0.1, 0.15) is 0 Å². The summed E-state index contributed by atoms with van der Waals surface area (Å²) in [5.41, 5.74) is 5.92. The molecule has 0 aliphatic heterocycles. The van der Waals surface area contributed by atoms with Crippen LogP contribution in [0.4, 0.5) is 0 Å². The minimum absolute atomic E-state index is 0.0430. The minimum Gasteiger partial charge on any atom is -0.0622 e. The summed E-state index contributed by atoms with van der Waals surface area (Å²) in [4.78, 5) is 0. The molecule has 0 N–H and O–H groups in total. The first-order valence-corrected chi connectivity index (χ1v) is 12.1. The van der Waals surface area contributed by atoms with Gasteiger partial charge in [0.2, 0.25) is 0 Å². The van der Waals surface area contributed by atoms with E-state index >= 15 is 0 Å². The second-order valence-corrected chi connectivity index (χ2v) is 9.13. The Morgan fingerprint density at radius 1 is 0.424 bits per heavy atom. The summed E-state index contributed by atoms with van der Waals surface area (Å²) in [6, 6.07) is 52.4. The quantitative estimate of drug-likeness (QED) is 0.210. The first-order chi connectivity index (χ1) is 16.3. The van der Waals surface area contributed by atoms with Gasteiger partial charge in [-0.2, -0.15) is 0 Å². The largest absolute Gasteiger partial charge is 0.0622 e. The van der Waals surface area contributed by atoms with E-state index in [2.05, 4.69) is 162 Å². The molecular formula is C32H25Br. The average molecular weight is 489 g/mol. The Kier molecular flexibility index (Phi) is 6.24. The van der Waals surface area contributed by atoms with Crippen LogP contribution in [0.25, 0.3) is 0 Å². The molecule has 1 heteroatoms. The van der Waals surface area contributed by atoms with Crippen molar-refractivity contribution in [3.63, 3.8) is 0 Å². The van der Waals surface area contributed by atoms with Crippen LogP contribution in [0, 0.1) is 0 Å². The zero-order chi connectivity index (χ0) is 22.5. The number of hydrogen-bond donors (Lipinski definition) is 0. The molecule has 1 atom stereocenters. The van der Waals surface area contributed by atoms with Crippen molar-refractivity contribution >= 4 is 15.9 Å². The molecule has 0 heterocycles. The van der Waals surface area contributed by atoms with Crippen LogP contribution in [0.2, 0.25) is 0 Å². The van der Waals surface area contributed by atoms with Crippen LogP contribution in [0.15, 0.2) is 150 Å². The average Bonchev–Trinajstić information content (AvgIpc) is 2.90. The molecule has 0 fully saturated rings. The molecular weight excluding hydrogens is 464 g/mol. The molecule has 0 nitrogen and oxygen atoms in total. The Morgan fingerprint density at radius 2 is 0.788 bits per heavy atom. The number of benzene rings is 5. The fourth-order valence-corrected chi connectivity index (χ4v) is 5.63. The van der Waals surface area contributed by atoms with Crippen LogP contribution >= 0.6 is 15.9 Å². The Bertz CT molecular complexity index is 1200. The van der Waals surface area contributed by atoms with Crippen LogP contribution < -0.4 is 0 Å². The first-order valence-electron chi connectivity index (χ1n) is 11.3. The zero-order valence-corrected chi connectivity index (χ0v) is 19.9. The number of rotatable bonds is 6. The third-order valence-corrected chi connectivity index (χ3v) is 7.19. The van der Waals surface area contributed by atoms with E-state index in [1.54, 1.807) is 0 Å². The van der Waals surface area contributed by atoms with Crippen molar-refractivity contribution in [2.24, 2.45) is 0 Å². The topological polar surface area (TPSA) is 0 Å². The lowest BCUT2D eigenvalue weighted by Crippen LogP contribution is -2.37. The highest BCUT2D eigenvalue weighted by atomic mass is 79.9. The molecule has 0 aliphatic carbocycles. The van der Waals surface area contributed by atoms with Gasteiger partial charge in [-0.05, 0) is 33.9 Å². The van der Waals surface area contributed by atoms with Gasteiger partial charge in [-0.15, -0.1) is 0 Å². The number of halogens is 1.